The molecule has 0 bridgehead atoms. The van der Waals surface area contributed by atoms with Gasteiger partial charge in [-0.05, 0) is 6.92 Å². The van der Waals surface area contributed by atoms with Crippen LogP contribution < -0.4 is 0 Å². The molecular weight excluding hydrogens is 192 g/mol. The van der Waals surface area contributed by atoms with Crippen LogP contribution in [0.1, 0.15) is 6.92 Å². The normalized spacial score (nSPS) is 22.8. The van der Waals surface area contributed by atoms with Crippen molar-refractivity contribution in [2.24, 2.45) is 0 Å². The molecular formula is C7H14N2O3S. The first-order valence-corrected chi connectivity index (χ1v) is 5.62. The second-order valence-electron chi connectivity index (χ2n) is 3.12. The van der Waals surface area contributed by atoms with Gasteiger partial charge >= 0.3 is 0 Å². The highest BCUT2D eigenvalue weighted by atomic mass is 32.2. The fraction of sp³-hybridized carbons (Fsp3) is 0.714. The van der Waals surface area contributed by atoms with Crippen molar-refractivity contribution in [1.82, 2.24) is 9.80 Å². The molecule has 1 heterocycles. The highest BCUT2D eigenvalue weighted by Crippen LogP contribution is 2.12. The van der Waals surface area contributed by atoms with Gasteiger partial charge in [-0.15, -0.1) is 0 Å². The summed E-state index contributed by atoms with van der Waals surface area (Å²) < 4.78 is 29.5. The van der Waals surface area contributed by atoms with Gasteiger partial charge in [0.1, 0.15) is 0 Å². The molecule has 5 nitrogen and oxygen atoms in total. The molecule has 0 fully saturated rings. The molecule has 0 aromatic heterocycles. The lowest BCUT2D eigenvalue weighted by Gasteiger charge is -2.26. The number of nitrogens with zero attached hydrogens (tertiary/aromatic N) is 2. The van der Waals surface area contributed by atoms with E-state index in [9.17, 15) is 8.42 Å². The summed E-state index contributed by atoms with van der Waals surface area (Å²) >= 11 is 0. The molecule has 13 heavy (non-hydrogen) atoms. The van der Waals surface area contributed by atoms with Crippen LogP contribution in [0.3, 0.4) is 0 Å². The summed E-state index contributed by atoms with van der Waals surface area (Å²) in [5, 5.41) is 0. The number of hydrogen-bond acceptors (Lipinski definition) is 4. The van der Waals surface area contributed by atoms with Gasteiger partial charge in [0.2, 0.25) is 0 Å². The second-order valence-corrected chi connectivity index (χ2v) is 4.69. The minimum atomic E-state index is -3.85. The minimum absolute atomic E-state index is 0.154. The zero-order chi connectivity index (χ0) is 10.1. The molecule has 1 aliphatic rings. The van der Waals surface area contributed by atoms with E-state index in [0.29, 0.717) is 6.54 Å². The molecule has 1 N–H and O–H groups in total. The Morgan fingerprint density at radius 1 is 1.46 bits per heavy atom. The average molecular weight is 206 g/mol. The van der Waals surface area contributed by atoms with Crippen molar-refractivity contribution in [3.8, 4) is 0 Å². The van der Waals surface area contributed by atoms with Gasteiger partial charge in [-0.3, -0.25) is 4.55 Å². The lowest BCUT2D eigenvalue weighted by Crippen LogP contribution is -2.36. The van der Waals surface area contributed by atoms with Gasteiger partial charge in [0.05, 0.1) is 11.9 Å². The van der Waals surface area contributed by atoms with E-state index in [-0.39, 0.29) is 11.9 Å². The molecule has 0 aromatic rings. The van der Waals surface area contributed by atoms with Gasteiger partial charge < -0.3 is 9.80 Å². The highest BCUT2D eigenvalue weighted by molar-refractivity contribution is 7.85. The van der Waals surface area contributed by atoms with E-state index >= 15 is 0 Å². The van der Waals surface area contributed by atoms with Gasteiger partial charge in [-0.25, -0.2) is 0 Å². The third-order valence-electron chi connectivity index (χ3n) is 2.17. The number of hydrogen-bond donors (Lipinski definition) is 1. The van der Waals surface area contributed by atoms with E-state index in [1.54, 1.807) is 0 Å². The summed E-state index contributed by atoms with van der Waals surface area (Å²) in [6.07, 6.45) is 3.84. The van der Waals surface area contributed by atoms with Crippen molar-refractivity contribution < 1.29 is 13.0 Å². The summed E-state index contributed by atoms with van der Waals surface area (Å²) in [5.74, 6) is -0.227. The van der Waals surface area contributed by atoms with Crippen LogP contribution in [0.25, 0.3) is 0 Å². The first-order chi connectivity index (χ1) is 5.90. The maximum absolute atomic E-state index is 10.5. The maximum Gasteiger partial charge on any atom is 0.266 e. The first kappa shape index (κ1) is 10.3. The fourth-order valence-electron chi connectivity index (χ4n) is 1.16. The largest absolute Gasteiger partial charge is 0.359 e. The molecule has 6 heteroatoms. The molecule has 1 rings (SSSR count). The van der Waals surface area contributed by atoms with Crippen molar-refractivity contribution in [3.05, 3.63) is 12.4 Å². The Labute approximate surface area is 78.4 Å². The Hall–Kier alpha value is -0.750. The van der Waals surface area contributed by atoms with Gasteiger partial charge in [-0.1, -0.05) is 0 Å². The van der Waals surface area contributed by atoms with Crippen LogP contribution in [-0.2, 0) is 10.1 Å². The van der Waals surface area contributed by atoms with E-state index < -0.39 is 10.1 Å². The molecule has 0 radical (unpaired) electrons. The van der Waals surface area contributed by atoms with Crippen LogP contribution in [0, 0.1) is 0 Å². The van der Waals surface area contributed by atoms with Crippen molar-refractivity contribution in [3.63, 3.8) is 0 Å². The fourth-order valence-corrected chi connectivity index (χ4v) is 1.60. The first-order valence-electron chi connectivity index (χ1n) is 4.01. The minimum Gasteiger partial charge on any atom is -0.359 e. The Kier molecular flexibility index (Phi) is 2.82. The van der Waals surface area contributed by atoms with Crippen LogP contribution >= 0.6 is 0 Å². The van der Waals surface area contributed by atoms with Gasteiger partial charge in [0.25, 0.3) is 10.1 Å². The zero-order valence-electron chi connectivity index (χ0n) is 7.71. The van der Waals surface area contributed by atoms with Crippen LogP contribution in [0.4, 0.5) is 0 Å². The monoisotopic (exact) mass is 206 g/mol. The predicted octanol–water partition coefficient (Wildman–Crippen LogP) is -0.0612. The lowest BCUT2D eigenvalue weighted by molar-refractivity contribution is 0.202. The van der Waals surface area contributed by atoms with Gasteiger partial charge in [0.15, 0.2) is 0 Å². The third kappa shape index (κ3) is 2.89. The predicted molar refractivity (Wildman–Crippen MR) is 49.5 cm³/mol. The Balaban J connectivity index is 2.44. The Morgan fingerprint density at radius 3 is 2.46 bits per heavy atom. The van der Waals surface area contributed by atoms with E-state index in [2.05, 4.69) is 0 Å². The van der Waals surface area contributed by atoms with Crippen molar-refractivity contribution in [2.75, 3.05) is 19.3 Å². The molecule has 0 saturated carbocycles. The molecule has 1 aliphatic heterocycles. The standard InChI is InChI=1S/C7H14N2O3S/c1-7-8(2)3-4-9(7)5-6-13(10,11)12/h3-4,7H,5-6H2,1-2H3,(H,10,11,12). The maximum atomic E-state index is 10.5. The molecule has 1 unspecified atom stereocenters. The summed E-state index contributed by atoms with van der Waals surface area (Å²) in [7, 11) is -1.94. The topological polar surface area (TPSA) is 60.9 Å². The van der Waals surface area contributed by atoms with Crippen LogP contribution in [0.15, 0.2) is 12.4 Å². The van der Waals surface area contributed by atoms with Crippen molar-refractivity contribution in [1.29, 1.82) is 0 Å². The van der Waals surface area contributed by atoms with E-state index in [0.717, 1.165) is 0 Å². The van der Waals surface area contributed by atoms with Crippen molar-refractivity contribution in [2.45, 2.75) is 13.1 Å². The smallest absolute Gasteiger partial charge is 0.266 e. The number of rotatable bonds is 3. The van der Waals surface area contributed by atoms with Crippen LogP contribution in [0.5, 0.6) is 0 Å². The van der Waals surface area contributed by atoms with Gasteiger partial charge in [0, 0.05) is 26.0 Å². The zero-order valence-corrected chi connectivity index (χ0v) is 8.53. The van der Waals surface area contributed by atoms with E-state index in [1.807, 2.05) is 36.2 Å². The summed E-state index contributed by atoms with van der Waals surface area (Å²) in [6, 6.07) is 0. The third-order valence-corrected chi connectivity index (χ3v) is 2.87. The Bertz CT molecular complexity index is 299. The van der Waals surface area contributed by atoms with E-state index in [4.69, 9.17) is 4.55 Å². The summed E-state index contributed by atoms with van der Waals surface area (Å²) in [6.45, 7) is 2.28. The summed E-state index contributed by atoms with van der Waals surface area (Å²) in [4.78, 5) is 3.82. The molecule has 0 amide bonds. The molecule has 0 aliphatic carbocycles. The molecule has 0 spiro atoms. The lowest BCUT2D eigenvalue weighted by atomic mass is 10.5. The SMILES string of the molecule is CC1N(C)C=CN1CCS(=O)(=O)O. The molecule has 1 atom stereocenters. The van der Waals surface area contributed by atoms with Crippen LogP contribution in [-0.4, -0.2) is 48.3 Å². The molecule has 0 saturated heterocycles. The second kappa shape index (κ2) is 3.55. The molecule has 76 valence electrons. The summed E-state index contributed by atoms with van der Waals surface area (Å²) in [5.41, 5.74) is 0. The average Bonchev–Trinajstić information content (AvgIpc) is 2.29. The Morgan fingerprint density at radius 2 is 2.08 bits per heavy atom. The highest BCUT2D eigenvalue weighted by Gasteiger charge is 2.19. The van der Waals surface area contributed by atoms with Crippen LogP contribution in [0.2, 0.25) is 0 Å². The van der Waals surface area contributed by atoms with E-state index in [1.165, 1.54) is 0 Å². The van der Waals surface area contributed by atoms with Gasteiger partial charge in [-0.2, -0.15) is 8.42 Å². The van der Waals surface area contributed by atoms with Crippen molar-refractivity contribution >= 4 is 10.1 Å². The quantitative estimate of drug-likeness (QED) is 0.655. The molecule has 0 aromatic carbocycles.